The first kappa shape index (κ1) is 7.94. The van der Waals surface area contributed by atoms with Gasteiger partial charge in [0, 0.05) is 6.54 Å². The lowest BCUT2D eigenvalue weighted by molar-refractivity contribution is -0.867. The lowest BCUT2D eigenvalue weighted by atomic mass is 10.5. The van der Waals surface area contributed by atoms with Crippen molar-refractivity contribution in [3.05, 3.63) is 5.21 Å². The minimum Gasteiger partial charge on any atom is -0.632 e. The van der Waals surface area contributed by atoms with Crippen molar-refractivity contribution in [2.24, 2.45) is 0 Å². The third-order valence-corrected chi connectivity index (χ3v) is 1.87. The van der Waals surface area contributed by atoms with Gasteiger partial charge in [-0.05, 0) is 7.05 Å². The topological polar surface area (TPSA) is 47.1 Å². The molecule has 60 valence electrons. The first-order valence-electron chi connectivity index (χ1n) is 3.69. The molecule has 0 aromatic heterocycles. The van der Waals surface area contributed by atoms with Crippen LogP contribution in [0.15, 0.2) is 0 Å². The van der Waals surface area contributed by atoms with Crippen LogP contribution in [0.25, 0.3) is 0 Å². The fourth-order valence-corrected chi connectivity index (χ4v) is 1.15. The summed E-state index contributed by atoms with van der Waals surface area (Å²) in [5, 5.41) is 17.5. The fourth-order valence-electron chi connectivity index (χ4n) is 1.15. The number of rotatable bonds is 3. The Hall–Kier alpha value is -0.160. The van der Waals surface area contributed by atoms with Crippen molar-refractivity contribution in [3.8, 4) is 0 Å². The Morgan fingerprint density at radius 2 is 2.50 bits per heavy atom. The summed E-state index contributed by atoms with van der Waals surface area (Å²) >= 11 is 0. The minimum atomic E-state index is -0.0686. The SMILES string of the molecule is CNCC[N+]1([O-])CCNC1. The van der Waals surface area contributed by atoms with Crippen LogP contribution in [0, 0.1) is 5.21 Å². The van der Waals surface area contributed by atoms with E-state index in [1.165, 1.54) is 0 Å². The predicted molar refractivity (Wildman–Crippen MR) is 40.2 cm³/mol. The van der Waals surface area contributed by atoms with Gasteiger partial charge in [0.1, 0.15) is 6.67 Å². The Bertz CT molecular complexity index is 101. The summed E-state index contributed by atoms with van der Waals surface area (Å²) in [4.78, 5) is 0. The molecule has 4 nitrogen and oxygen atoms in total. The number of quaternary nitrogens is 1. The number of hydrogen-bond acceptors (Lipinski definition) is 3. The van der Waals surface area contributed by atoms with Crippen molar-refractivity contribution in [1.29, 1.82) is 0 Å². The van der Waals surface area contributed by atoms with Crippen LogP contribution in [0.5, 0.6) is 0 Å². The molecule has 10 heavy (non-hydrogen) atoms. The third kappa shape index (κ3) is 1.91. The van der Waals surface area contributed by atoms with Gasteiger partial charge in [-0.3, -0.25) is 5.32 Å². The van der Waals surface area contributed by atoms with Gasteiger partial charge >= 0.3 is 0 Å². The minimum absolute atomic E-state index is 0.0686. The van der Waals surface area contributed by atoms with Crippen molar-refractivity contribution in [2.75, 3.05) is 39.9 Å². The molecule has 1 atom stereocenters. The van der Waals surface area contributed by atoms with Crippen LogP contribution < -0.4 is 10.6 Å². The van der Waals surface area contributed by atoms with E-state index in [0.29, 0.717) is 13.2 Å². The van der Waals surface area contributed by atoms with E-state index in [1.54, 1.807) is 0 Å². The van der Waals surface area contributed by atoms with E-state index in [-0.39, 0.29) is 4.65 Å². The number of nitrogens with one attached hydrogen (secondary N) is 2. The molecule has 0 amide bonds. The van der Waals surface area contributed by atoms with E-state index < -0.39 is 0 Å². The van der Waals surface area contributed by atoms with E-state index >= 15 is 0 Å². The van der Waals surface area contributed by atoms with Gasteiger partial charge < -0.3 is 15.2 Å². The van der Waals surface area contributed by atoms with Gasteiger partial charge in [0.05, 0.1) is 19.6 Å². The second-order valence-electron chi connectivity index (χ2n) is 2.77. The van der Waals surface area contributed by atoms with Crippen LogP contribution in [0.4, 0.5) is 0 Å². The van der Waals surface area contributed by atoms with E-state index in [4.69, 9.17) is 0 Å². The molecular weight excluding hydrogens is 130 g/mol. The second kappa shape index (κ2) is 3.30. The fraction of sp³-hybridized carbons (Fsp3) is 1.00. The van der Waals surface area contributed by atoms with Crippen LogP contribution in [0.1, 0.15) is 0 Å². The smallest absolute Gasteiger partial charge is 0.132 e. The number of hydroxylamine groups is 3. The van der Waals surface area contributed by atoms with Gasteiger partial charge in [0.25, 0.3) is 0 Å². The standard InChI is InChI=1S/C6H15N3O/c1-7-2-4-9(10)5-3-8-6-9/h7-8H,2-6H2,1H3. The molecule has 1 unspecified atom stereocenters. The molecule has 1 rings (SSSR count). The maximum atomic E-state index is 11.5. The van der Waals surface area contributed by atoms with Gasteiger partial charge in [-0.25, -0.2) is 0 Å². The lowest BCUT2D eigenvalue weighted by Crippen LogP contribution is -2.44. The van der Waals surface area contributed by atoms with E-state index in [2.05, 4.69) is 10.6 Å². The highest BCUT2D eigenvalue weighted by Gasteiger charge is 2.20. The van der Waals surface area contributed by atoms with Gasteiger partial charge in [0.15, 0.2) is 0 Å². The van der Waals surface area contributed by atoms with E-state index in [0.717, 1.165) is 19.6 Å². The predicted octanol–water partition coefficient (Wildman–Crippen LogP) is -0.919. The highest BCUT2D eigenvalue weighted by molar-refractivity contribution is 4.55. The first-order valence-corrected chi connectivity index (χ1v) is 3.69. The summed E-state index contributed by atoms with van der Waals surface area (Å²) < 4.78 is -0.0686. The van der Waals surface area contributed by atoms with Gasteiger partial charge in [-0.2, -0.15) is 0 Å². The van der Waals surface area contributed by atoms with Crippen molar-refractivity contribution in [2.45, 2.75) is 0 Å². The monoisotopic (exact) mass is 145 g/mol. The van der Waals surface area contributed by atoms with E-state index in [9.17, 15) is 5.21 Å². The van der Waals surface area contributed by atoms with Gasteiger partial charge in [-0.1, -0.05) is 0 Å². The van der Waals surface area contributed by atoms with Crippen LogP contribution in [-0.4, -0.2) is 44.5 Å². The van der Waals surface area contributed by atoms with Crippen LogP contribution in [0.2, 0.25) is 0 Å². The average Bonchev–Trinajstić information content (AvgIpc) is 2.33. The molecule has 0 saturated carbocycles. The molecule has 1 aliphatic rings. The van der Waals surface area contributed by atoms with Crippen LogP contribution in [0.3, 0.4) is 0 Å². The van der Waals surface area contributed by atoms with Crippen LogP contribution in [-0.2, 0) is 0 Å². The zero-order chi connectivity index (χ0) is 7.45. The van der Waals surface area contributed by atoms with E-state index in [1.807, 2.05) is 7.05 Å². The number of nitrogens with zero attached hydrogens (tertiary/aromatic N) is 1. The lowest BCUT2D eigenvalue weighted by Gasteiger charge is -2.37. The molecule has 4 heteroatoms. The second-order valence-corrected chi connectivity index (χ2v) is 2.77. The Morgan fingerprint density at radius 1 is 1.70 bits per heavy atom. The summed E-state index contributed by atoms with van der Waals surface area (Å²) in [6.07, 6.45) is 0. The summed E-state index contributed by atoms with van der Waals surface area (Å²) in [5.41, 5.74) is 0. The van der Waals surface area contributed by atoms with Crippen LogP contribution >= 0.6 is 0 Å². The van der Waals surface area contributed by atoms with Gasteiger partial charge in [0.2, 0.25) is 0 Å². The molecule has 1 heterocycles. The number of likely N-dealkylation sites (N-methyl/N-ethyl adjacent to an activating group) is 1. The highest BCUT2D eigenvalue weighted by atomic mass is 16.5. The molecule has 0 aliphatic carbocycles. The zero-order valence-corrected chi connectivity index (χ0v) is 6.39. The first-order chi connectivity index (χ1) is 4.77. The van der Waals surface area contributed by atoms with Crippen molar-refractivity contribution >= 4 is 0 Å². The normalized spacial score (nSPS) is 33.0. The largest absolute Gasteiger partial charge is 0.632 e. The molecule has 0 aromatic rings. The Kier molecular flexibility index (Phi) is 2.62. The van der Waals surface area contributed by atoms with Crippen molar-refractivity contribution < 1.29 is 4.65 Å². The molecule has 1 saturated heterocycles. The van der Waals surface area contributed by atoms with Crippen molar-refractivity contribution in [3.63, 3.8) is 0 Å². The molecule has 1 aliphatic heterocycles. The molecular formula is C6H15N3O. The Balaban J connectivity index is 2.22. The number of hydrogen-bond donors (Lipinski definition) is 2. The summed E-state index contributed by atoms with van der Waals surface area (Å²) in [5.74, 6) is 0. The zero-order valence-electron chi connectivity index (χ0n) is 6.39. The molecule has 0 aromatic carbocycles. The quantitative estimate of drug-likeness (QED) is 0.399. The molecule has 1 fully saturated rings. The Labute approximate surface area is 61.4 Å². The molecule has 0 bridgehead atoms. The summed E-state index contributed by atoms with van der Waals surface area (Å²) in [6.45, 7) is 3.67. The molecule has 2 N–H and O–H groups in total. The average molecular weight is 145 g/mol. The maximum Gasteiger partial charge on any atom is 0.132 e. The van der Waals surface area contributed by atoms with Gasteiger partial charge in [-0.15, -0.1) is 0 Å². The summed E-state index contributed by atoms with van der Waals surface area (Å²) in [6, 6.07) is 0. The summed E-state index contributed by atoms with van der Waals surface area (Å²) in [7, 11) is 1.87. The molecule has 0 radical (unpaired) electrons. The molecule has 0 spiro atoms. The van der Waals surface area contributed by atoms with Crippen molar-refractivity contribution in [1.82, 2.24) is 10.6 Å². The third-order valence-electron chi connectivity index (χ3n) is 1.87. The highest BCUT2D eigenvalue weighted by Crippen LogP contribution is 2.04. The Morgan fingerprint density at radius 3 is 3.00 bits per heavy atom. The maximum absolute atomic E-state index is 11.5.